The number of hydrogen-bond donors (Lipinski definition) is 0. The van der Waals surface area contributed by atoms with E-state index >= 15 is 0 Å². The molecule has 0 aliphatic carbocycles. The van der Waals surface area contributed by atoms with Gasteiger partial charge in [-0.15, -0.1) is 0 Å². The van der Waals surface area contributed by atoms with Crippen LogP contribution in [0.15, 0.2) is 40.9 Å². The molecule has 9 heteroatoms. The first-order valence-corrected chi connectivity index (χ1v) is 6.95. The van der Waals surface area contributed by atoms with Crippen molar-refractivity contribution in [2.45, 2.75) is 0 Å². The van der Waals surface area contributed by atoms with Gasteiger partial charge in [-0.3, -0.25) is 10.1 Å². The number of nitrogens with zero attached hydrogens (tertiary/aromatic N) is 4. The lowest BCUT2D eigenvalue weighted by atomic mass is 10.2. The van der Waals surface area contributed by atoms with Crippen molar-refractivity contribution in [3.63, 3.8) is 0 Å². The van der Waals surface area contributed by atoms with Gasteiger partial charge in [0, 0.05) is 6.20 Å². The van der Waals surface area contributed by atoms with Crippen molar-refractivity contribution in [2.24, 2.45) is 0 Å². The molecule has 0 amide bonds. The summed E-state index contributed by atoms with van der Waals surface area (Å²) in [6.45, 7) is 0. The van der Waals surface area contributed by atoms with Crippen LogP contribution in [0.4, 0.5) is 5.88 Å². The van der Waals surface area contributed by atoms with Crippen molar-refractivity contribution in [3.05, 3.63) is 62.3 Å². The van der Waals surface area contributed by atoms with E-state index in [4.69, 9.17) is 27.6 Å². The van der Waals surface area contributed by atoms with E-state index in [0.717, 1.165) is 0 Å². The molecule has 3 rings (SSSR count). The molecule has 3 aromatic rings. The van der Waals surface area contributed by atoms with Crippen LogP contribution in [-0.2, 0) is 0 Å². The van der Waals surface area contributed by atoms with Crippen molar-refractivity contribution in [1.29, 1.82) is 5.26 Å². The Morgan fingerprint density at radius 3 is 2.65 bits per heavy atom. The first-order chi connectivity index (χ1) is 11.0. The molecule has 2 heterocycles. The van der Waals surface area contributed by atoms with Crippen molar-refractivity contribution in [1.82, 2.24) is 9.78 Å². The van der Waals surface area contributed by atoms with Gasteiger partial charge in [-0.05, 0) is 24.3 Å². The Labute approximate surface area is 139 Å². The summed E-state index contributed by atoms with van der Waals surface area (Å²) in [7, 11) is 0. The number of nitro groups is 1. The summed E-state index contributed by atoms with van der Waals surface area (Å²) >= 11 is 11.8. The molecule has 0 bridgehead atoms. The number of nitriles is 1. The highest BCUT2D eigenvalue weighted by molar-refractivity contribution is 6.42. The predicted molar refractivity (Wildman–Crippen MR) is 82.7 cm³/mol. The van der Waals surface area contributed by atoms with E-state index in [1.54, 1.807) is 18.2 Å². The standard InChI is InChI=1S/C14H6Cl2N4O3/c15-10-2-1-9(5-11(10)16)19-7-8(6-17)14(18-19)12-3-4-13(23-12)20(21)22/h1-5,7H. The molecule has 0 N–H and O–H groups in total. The highest BCUT2D eigenvalue weighted by Gasteiger charge is 2.19. The second kappa shape index (κ2) is 5.76. The number of furan rings is 1. The third kappa shape index (κ3) is 2.77. The van der Waals surface area contributed by atoms with E-state index in [-0.39, 0.29) is 17.0 Å². The van der Waals surface area contributed by atoms with Gasteiger partial charge in [0.2, 0.25) is 0 Å². The number of hydrogen-bond acceptors (Lipinski definition) is 5. The van der Waals surface area contributed by atoms with Gasteiger partial charge >= 0.3 is 5.88 Å². The van der Waals surface area contributed by atoms with Crippen LogP contribution >= 0.6 is 23.2 Å². The molecular formula is C14H6Cl2N4O3. The maximum absolute atomic E-state index is 10.7. The quantitative estimate of drug-likeness (QED) is 0.521. The average Bonchev–Trinajstić information content (AvgIpc) is 3.15. The van der Waals surface area contributed by atoms with Crippen molar-refractivity contribution in [2.75, 3.05) is 0 Å². The van der Waals surface area contributed by atoms with E-state index in [2.05, 4.69) is 5.10 Å². The SMILES string of the molecule is N#Cc1cn(-c2ccc(Cl)c(Cl)c2)nc1-c1ccc([N+](=O)[O-])o1. The topological polar surface area (TPSA) is 97.9 Å². The van der Waals surface area contributed by atoms with Crippen molar-refractivity contribution < 1.29 is 9.34 Å². The molecule has 0 fully saturated rings. The van der Waals surface area contributed by atoms with Gasteiger partial charge < -0.3 is 4.42 Å². The summed E-state index contributed by atoms with van der Waals surface area (Å²) in [4.78, 5) is 10.0. The third-order valence-electron chi connectivity index (χ3n) is 3.01. The third-order valence-corrected chi connectivity index (χ3v) is 3.75. The highest BCUT2D eigenvalue weighted by Crippen LogP contribution is 2.29. The zero-order chi connectivity index (χ0) is 16.6. The number of aromatic nitrogens is 2. The van der Waals surface area contributed by atoms with Gasteiger partial charge in [0.15, 0.2) is 5.76 Å². The monoisotopic (exact) mass is 348 g/mol. The molecule has 23 heavy (non-hydrogen) atoms. The lowest BCUT2D eigenvalue weighted by Gasteiger charge is -2.02. The average molecular weight is 349 g/mol. The van der Waals surface area contributed by atoms with Crippen molar-refractivity contribution in [3.8, 4) is 23.2 Å². The van der Waals surface area contributed by atoms with Gasteiger partial charge in [0.25, 0.3) is 0 Å². The van der Waals surface area contributed by atoms with E-state index in [0.29, 0.717) is 15.7 Å². The summed E-state index contributed by atoms with van der Waals surface area (Å²) in [5.41, 5.74) is 0.996. The van der Waals surface area contributed by atoms with E-state index < -0.39 is 10.8 Å². The molecule has 0 unspecified atom stereocenters. The summed E-state index contributed by atoms with van der Waals surface area (Å²) in [5.74, 6) is -0.292. The van der Waals surface area contributed by atoms with Crippen LogP contribution < -0.4 is 0 Å². The molecular weight excluding hydrogens is 343 g/mol. The Morgan fingerprint density at radius 2 is 2.04 bits per heavy atom. The highest BCUT2D eigenvalue weighted by atomic mass is 35.5. The van der Waals surface area contributed by atoms with Gasteiger partial charge in [0.05, 0.1) is 21.8 Å². The zero-order valence-electron chi connectivity index (χ0n) is 11.2. The number of benzene rings is 1. The van der Waals surface area contributed by atoms with E-state index in [9.17, 15) is 15.4 Å². The van der Waals surface area contributed by atoms with E-state index in [1.165, 1.54) is 23.0 Å². The van der Waals surface area contributed by atoms with Crippen LogP contribution in [0.2, 0.25) is 10.0 Å². The summed E-state index contributed by atoms with van der Waals surface area (Å²) in [5, 5.41) is 24.9. The minimum atomic E-state index is -0.661. The van der Waals surface area contributed by atoms with Crippen LogP contribution in [0.1, 0.15) is 5.56 Å². The second-order valence-electron chi connectivity index (χ2n) is 4.44. The fraction of sp³-hybridized carbons (Fsp3) is 0. The minimum Gasteiger partial charge on any atom is -0.399 e. The van der Waals surface area contributed by atoms with E-state index in [1.807, 2.05) is 6.07 Å². The molecule has 7 nitrogen and oxygen atoms in total. The maximum Gasteiger partial charge on any atom is 0.433 e. The fourth-order valence-electron chi connectivity index (χ4n) is 1.95. The number of halogens is 2. The van der Waals surface area contributed by atoms with Crippen LogP contribution in [0.25, 0.3) is 17.1 Å². The summed E-state index contributed by atoms with van der Waals surface area (Å²) < 4.78 is 6.51. The maximum atomic E-state index is 10.7. The van der Waals surface area contributed by atoms with Gasteiger partial charge in [-0.1, -0.05) is 23.2 Å². The van der Waals surface area contributed by atoms with Gasteiger partial charge in [-0.25, -0.2) is 4.68 Å². The molecule has 0 saturated heterocycles. The Bertz CT molecular complexity index is 955. The van der Waals surface area contributed by atoms with Gasteiger partial charge in [0.1, 0.15) is 22.2 Å². The van der Waals surface area contributed by atoms with Crippen LogP contribution in [0.3, 0.4) is 0 Å². The normalized spacial score (nSPS) is 10.5. The largest absolute Gasteiger partial charge is 0.433 e. The predicted octanol–water partition coefficient (Wildman–Crippen LogP) is 4.22. The molecule has 0 spiro atoms. The summed E-state index contributed by atoms with van der Waals surface area (Å²) in [6, 6.07) is 9.44. The van der Waals surface area contributed by atoms with Crippen LogP contribution in [0.5, 0.6) is 0 Å². The number of rotatable bonds is 3. The second-order valence-corrected chi connectivity index (χ2v) is 5.26. The summed E-state index contributed by atoms with van der Waals surface area (Å²) in [6.07, 6.45) is 1.48. The fourth-order valence-corrected chi connectivity index (χ4v) is 2.24. The molecule has 1 aromatic carbocycles. The molecule has 0 aliphatic rings. The molecule has 0 atom stereocenters. The minimum absolute atomic E-state index is 0.132. The molecule has 0 saturated carbocycles. The Balaban J connectivity index is 2.08. The van der Waals surface area contributed by atoms with Crippen LogP contribution in [-0.4, -0.2) is 14.7 Å². The lowest BCUT2D eigenvalue weighted by molar-refractivity contribution is -0.401. The Hall–Kier alpha value is -2.82. The molecule has 2 aromatic heterocycles. The molecule has 0 radical (unpaired) electrons. The molecule has 114 valence electrons. The first-order valence-electron chi connectivity index (χ1n) is 6.19. The lowest BCUT2D eigenvalue weighted by Crippen LogP contribution is -1.94. The zero-order valence-corrected chi connectivity index (χ0v) is 12.7. The smallest absolute Gasteiger partial charge is 0.399 e. The van der Waals surface area contributed by atoms with Crippen molar-refractivity contribution >= 4 is 29.1 Å². The molecule has 0 aliphatic heterocycles. The Kier molecular flexibility index (Phi) is 3.78. The van der Waals surface area contributed by atoms with Crippen LogP contribution in [0, 0.1) is 21.4 Å². The Morgan fingerprint density at radius 1 is 1.26 bits per heavy atom. The first kappa shape index (κ1) is 15.1. The van der Waals surface area contributed by atoms with Gasteiger partial charge in [-0.2, -0.15) is 10.4 Å².